The molecule has 2 aromatic rings. The van der Waals surface area contributed by atoms with Gasteiger partial charge in [0.1, 0.15) is 11.4 Å². The number of benzene rings is 2. The van der Waals surface area contributed by atoms with E-state index in [2.05, 4.69) is 0 Å². The maximum Gasteiger partial charge on any atom is 0.410 e. The minimum atomic E-state index is -4.55. The van der Waals surface area contributed by atoms with Crippen LogP contribution in [0, 0.1) is 5.92 Å². The van der Waals surface area contributed by atoms with Crippen molar-refractivity contribution in [3.8, 4) is 5.75 Å². The number of carbonyl (C=O) groups excluding carboxylic acids is 4. The first-order valence-electron chi connectivity index (χ1n) is 14.1. The van der Waals surface area contributed by atoms with Crippen LogP contribution in [0.15, 0.2) is 41.3 Å². The summed E-state index contributed by atoms with van der Waals surface area (Å²) in [5.74, 6) is -2.02. The van der Waals surface area contributed by atoms with E-state index in [1.807, 2.05) is 0 Å². The standard InChI is InChI=1S/C30H35Cl2N3O8S/c1-30(2,3)43-29(39)34-13-11-33(12-14-34)28(38)24-17-23(8-9-25(24)32)44(40,41)35-18-22(36)7-5-19(27(35)37)15-20-16-21(31)6-10-26(20)42-4/h6,8-10,16-17,19H,5,7,11-15,18H2,1-4H3. The number of rotatable bonds is 6. The molecule has 0 bridgehead atoms. The zero-order chi connectivity index (χ0) is 32.4. The summed E-state index contributed by atoms with van der Waals surface area (Å²) in [6.45, 7) is 5.47. The van der Waals surface area contributed by atoms with Crippen molar-refractivity contribution in [2.75, 3.05) is 39.8 Å². The van der Waals surface area contributed by atoms with Crippen LogP contribution in [-0.4, -0.2) is 91.6 Å². The van der Waals surface area contributed by atoms with E-state index in [1.165, 1.54) is 29.0 Å². The summed E-state index contributed by atoms with van der Waals surface area (Å²) in [5, 5.41) is 0.444. The average Bonchev–Trinajstić information content (AvgIpc) is 3.10. The molecule has 11 nitrogen and oxygen atoms in total. The Labute approximate surface area is 267 Å². The monoisotopic (exact) mass is 667 g/mol. The van der Waals surface area contributed by atoms with Crippen molar-refractivity contribution in [3.63, 3.8) is 0 Å². The average molecular weight is 669 g/mol. The highest BCUT2D eigenvalue weighted by Gasteiger charge is 2.39. The highest BCUT2D eigenvalue weighted by atomic mass is 35.5. The molecular weight excluding hydrogens is 633 g/mol. The molecule has 0 aliphatic carbocycles. The number of hydrogen-bond donors (Lipinski definition) is 0. The van der Waals surface area contributed by atoms with Crippen molar-refractivity contribution >= 4 is 56.9 Å². The zero-order valence-corrected chi connectivity index (χ0v) is 27.3. The molecule has 2 saturated heterocycles. The number of halogens is 2. The molecule has 2 heterocycles. The van der Waals surface area contributed by atoms with Crippen LogP contribution in [-0.2, 0) is 30.8 Å². The zero-order valence-electron chi connectivity index (χ0n) is 25.0. The summed E-state index contributed by atoms with van der Waals surface area (Å²) < 4.78 is 39.1. The minimum absolute atomic E-state index is 0.0188. The molecule has 4 rings (SSSR count). The number of hydrogen-bond acceptors (Lipinski definition) is 8. The Balaban J connectivity index is 1.55. The lowest BCUT2D eigenvalue weighted by Gasteiger charge is -2.35. The Bertz CT molecular complexity index is 1570. The fraction of sp³-hybridized carbons (Fsp3) is 0.467. The lowest BCUT2D eigenvalue weighted by molar-refractivity contribution is -0.131. The van der Waals surface area contributed by atoms with Gasteiger partial charge in [-0.2, -0.15) is 0 Å². The van der Waals surface area contributed by atoms with Crippen LogP contribution in [0.1, 0.15) is 49.5 Å². The third-order valence-corrected chi connectivity index (χ3v) is 9.67. The maximum absolute atomic E-state index is 13.8. The number of amides is 3. The Morgan fingerprint density at radius 2 is 1.64 bits per heavy atom. The molecule has 44 heavy (non-hydrogen) atoms. The van der Waals surface area contributed by atoms with E-state index in [0.717, 1.165) is 6.07 Å². The fourth-order valence-corrected chi connectivity index (χ4v) is 6.94. The summed E-state index contributed by atoms with van der Waals surface area (Å²) in [6, 6.07) is 8.53. The van der Waals surface area contributed by atoms with E-state index < -0.39 is 51.8 Å². The molecule has 1 atom stereocenters. The molecule has 0 N–H and O–H groups in total. The van der Waals surface area contributed by atoms with Crippen molar-refractivity contribution in [1.82, 2.24) is 14.1 Å². The van der Waals surface area contributed by atoms with Gasteiger partial charge in [-0.05, 0) is 75.6 Å². The molecule has 14 heteroatoms. The van der Waals surface area contributed by atoms with Crippen LogP contribution < -0.4 is 4.74 Å². The molecule has 1 unspecified atom stereocenters. The Morgan fingerprint density at radius 3 is 2.27 bits per heavy atom. The number of ketones is 1. The van der Waals surface area contributed by atoms with Crippen molar-refractivity contribution in [3.05, 3.63) is 57.6 Å². The van der Waals surface area contributed by atoms with Crippen LogP contribution in [0.2, 0.25) is 10.0 Å². The van der Waals surface area contributed by atoms with E-state index in [-0.39, 0.29) is 60.9 Å². The van der Waals surface area contributed by atoms with Gasteiger partial charge >= 0.3 is 6.09 Å². The number of piperazine rings is 1. The molecular formula is C30H35Cl2N3O8S. The molecule has 2 aromatic carbocycles. The molecule has 3 amide bonds. The predicted octanol–water partition coefficient (Wildman–Crippen LogP) is 4.43. The normalized spacial score (nSPS) is 18.2. The highest BCUT2D eigenvalue weighted by molar-refractivity contribution is 7.89. The second kappa shape index (κ2) is 13.3. The largest absolute Gasteiger partial charge is 0.496 e. The van der Waals surface area contributed by atoms with Gasteiger partial charge < -0.3 is 19.3 Å². The summed E-state index contributed by atoms with van der Waals surface area (Å²) in [4.78, 5) is 54.8. The molecule has 238 valence electrons. The number of nitrogens with zero attached hydrogens (tertiary/aromatic N) is 3. The van der Waals surface area contributed by atoms with Gasteiger partial charge in [-0.3, -0.25) is 14.4 Å². The molecule has 0 saturated carbocycles. The summed E-state index contributed by atoms with van der Waals surface area (Å²) in [6.07, 6.45) is -0.203. The van der Waals surface area contributed by atoms with E-state index in [1.54, 1.807) is 39.0 Å². The SMILES string of the molecule is COc1ccc(Cl)cc1CC1CCC(=O)CN(S(=O)(=O)c2ccc(Cl)c(C(=O)N3CCN(C(=O)OC(C)(C)C)CC3)c2)C1=O. The molecule has 0 spiro atoms. The van der Waals surface area contributed by atoms with E-state index >= 15 is 0 Å². The van der Waals surface area contributed by atoms with Gasteiger partial charge in [0.05, 0.1) is 29.1 Å². The fourth-order valence-electron chi connectivity index (χ4n) is 5.09. The van der Waals surface area contributed by atoms with Crippen molar-refractivity contribution < 1.29 is 37.1 Å². The summed E-state index contributed by atoms with van der Waals surface area (Å²) in [5.41, 5.74) is -0.131. The van der Waals surface area contributed by atoms with Crippen LogP contribution in [0.25, 0.3) is 0 Å². The number of carbonyl (C=O) groups is 4. The lowest BCUT2D eigenvalue weighted by Crippen LogP contribution is -2.51. The third-order valence-electron chi connectivity index (χ3n) is 7.37. The second-order valence-corrected chi connectivity index (χ2v) is 14.4. The molecule has 2 aliphatic rings. The highest BCUT2D eigenvalue weighted by Crippen LogP contribution is 2.31. The molecule has 0 radical (unpaired) electrons. The molecule has 0 aromatic heterocycles. The third kappa shape index (κ3) is 7.65. The van der Waals surface area contributed by atoms with Crippen molar-refractivity contribution in [2.45, 2.75) is 50.5 Å². The van der Waals surface area contributed by atoms with Crippen LogP contribution in [0.3, 0.4) is 0 Å². The van der Waals surface area contributed by atoms with Crippen LogP contribution >= 0.6 is 23.2 Å². The van der Waals surface area contributed by atoms with Crippen LogP contribution in [0.5, 0.6) is 5.75 Å². The predicted molar refractivity (Wildman–Crippen MR) is 164 cm³/mol. The summed E-state index contributed by atoms with van der Waals surface area (Å²) >= 11 is 12.5. The van der Waals surface area contributed by atoms with Gasteiger partial charge in [0.25, 0.3) is 15.9 Å². The second-order valence-electron chi connectivity index (χ2n) is 11.7. The Hall–Kier alpha value is -3.35. The lowest BCUT2D eigenvalue weighted by atomic mass is 9.93. The number of ether oxygens (including phenoxy) is 2. The van der Waals surface area contributed by atoms with Crippen molar-refractivity contribution in [2.24, 2.45) is 5.92 Å². The van der Waals surface area contributed by atoms with E-state index in [9.17, 15) is 27.6 Å². The Morgan fingerprint density at radius 1 is 0.977 bits per heavy atom. The first-order chi connectivity index (χ1) is 20.6. The van der Waals surface area contributed by atoms with Gasteiger partial charge in [0.15, 0.2) is 5.78 Å². The van der Waals surface area contributed by atoms with E-state index in [4.69, 9.17) is 32.7 Å². The van der Waals surface area contributed by atoms with Gasteiger partial charge in [0.2, 0.25) is 5.91 Å². The number of methoxy groups -OCH3 is 1. The molecule has 2 fully saturated rings. The summed E-state index contributed by atoms with van der Waals surface area (Å²) in [7, 11) is -3.08. The van der Waals surface area contributed by atoms with Gasteiger partial charge in [-0.1, -0.05) is 23.2 Å². The first kappa shape index (κ1) is 33.5. The number of sulfonamides is 1. The van der Waals surface area contributed by atoms with Crippen molar-refractivity contribution in [1.29, 1.82) is 0 Å². The Kier molecular flexibility index (Phi) is 10.2. The maximum atomic E-state index is 13.8. The smallest absolute Gasteiger partial charge is 0.410 e. The van der Waals surface area contributed by atoms with Gasteiger partial charge in [-0.15, -0.1) is 0 Å². The number of Topliss-reactive ketones (excluding diaryl/α,β-unsaturated/α-hetero) is 1. The quantitative estimate of drug-likeness (QED) is 0.442. The van der Waals surface area contributed by atoms with Gasteiger partial charge in [0, 0.05) is 43.5 Å². The molecule has 2 aliphatic heterocycles. The van der Waals surface area contributed by atoms with Crippen LogP contribution in [0.4, 0.5) is 4.79 Å². The van der Waals surface area contributed by atoms with Gasteiger partial charge in [-0.25, -0.2) is 17.5 Å². The minimum Gasteiger partial charge on any atom is -0.496 e. The topological polar surface area (TPSA) is 131 Å². The van der Waals surface area contributed by atoms with E-state index in [0.29, 0.717) is 20.6 Å². The first-order valence-corrected chi connectivity index (χ1v) is 16.3.